The van der Waals surface area contributed by atoms with Crippen LogP contribution in [0.25, 0.3) is 0 Å². The lowest BCUT2D eigenvalue weighted by Crippen LogP contribution is -2.30. The molecule has 0 bridgehead atoms. The first kappa shape index (κ1) is 23.4. The number of aromatic nitrogens is 2. The highest BCUT2D eigenvalue weighted by atomic mass is 32.2. The van der Waals surface area contributed by atoms with Crippen molar-refractivity contribution >= 4 is 21.4 Å². The Morgan fingerprint density at radius 2 is 1.41 bits per heavy atom. The number of nitrogens with one attached hydrogen (secondary N) is 1. The molecule has 32 heavy (non-hydrogen) atoms. The van der Waals surface area contributed by atoms with Gasteiger partial charge in [-0.05, 0) is 53.3 Å². The van der Waals surface area contributed by atoms with Gasteiger partial charge in [0.15, 0.2) is 5.03 Å². The maximum atomic E-state index is 13.0. The molecule has 0 aliphatic rings. The van der Waals surface area contributed by atoms with Crippen molar-refractivity contribution in [1.29, 1.82) is 0 Å². The maximum Gasteiger partial charge on any atom is 0.267 e. The molecule has 0 saturated carbocycles. The Balaban J connectivity index is 1.80. The van der Waals surface area contributed by atoms with Crippen molar-refractivity contribution in [2.24, 2.45) is 0 Å². The van der Waals surface area contributed by atoms with Gasteiger partial charge in [-0.15, -0.1) is 0 Å². The number of amides is 1. The number of sulfone groups is 1. The molecule has 0 aliphatic carbocycles. The lowest BCUT2D eigenvalue weighted by atomic mass is 10.0. The fraction of sp³-hybridized carbons (Fsp3) is 0.292. The molecule has 2 aromatic carbocycles. The fourth-order valence-corrected chi connectivity index (χ4v) is 4.32. The lowest BCUT2D eigenvalue weighted by Gasteiger charge is -2.11. The third kappa shape index (κ3) is 5.31. The molecule has 7 nitrogen and oxygen atoms in total. The predicted molar refractivity (Wildman–Crippen MR) is 124 cm³/mol. The normalized spacial score (nSPS) is 11.7. The van der Waals surface area contributed by atoms with E-state index in [9.17, 15) is 18.0 Å². The number of carbonyl (C=O) groups is 1. The third-order valence-electron chi connectivity index (χ3n) is 5.13. The van der Waals surface area contributed by atoms with Crippen LogP contribution >= 0.6 is 0 Å². The fourth-order valence-electron chi connectivity index (χ4n) is 3.13. The summed E-state index contributed by atoms with van der Waals surface area (Å²) in [6, 6.07) is 16.2. The van der Waals surface area contributed by atoms with E-state index in [0.717, 1.165) is 27.9 Å². The van der Waals surface area contributed by atoms with Crippen molar-refractivity contribution in [3.8, 4) is 0 Å². The van der Waals surface area contributed by atoms with Crippen LogP contribution in [0.4, 0.5) is 5.69 Å². The summed E-state index contributed by atoms with van der Waals surface area (Å²) in [5.74, 6) is 0.161. The summed E-state index contributed by atoms with van der Waals surface area (Å²) in [6.45, 7) is 7.78. The summed E-state index contributed by atoms with van der Waals surface area (Å²) < 4.78 is 26.8. The van der Waals surface area contributed by atoms with E-state index >= 15 is 0 Å². The third-order valence-corrected chi connectivity index (χ3v) is 6.79. The zero-order chi connectivity index (χ0) is 23.5. The minimum Gasteiger partial charge on any atom is -0.324 e. The van der Waals surface area contributed by atoms with Gasteiger partial charge in [-0.3, -0.25) is 9.59 Å². The average molecular weight is 454 g/mol. The molecule has 1 heterocycles. The topological polar surface area (TPSA) is 98.1 Å². The Labute approximate surface area is 188 Å². The molecule has 0 saturated heterocycles. The zero-order valence-electron chi connectivity index (χ0n) is 18.6. The van der Waals surface area contributed by atoms with E-state index in [-0.39, 0.29) is 15.8 Å². The predicted octanol–water partition coefficient (Wildman–Crippen LogP) is 3.96. The second kappa shape index (κ2) is 9.48. The number of nitrogens with zero attached hydrogens (tertiary/aromatic N) is 2. The SMILES string of the molecule is CC(C)c1ccc(NC(=O)Cn2nc(S(=O)(=O)c3ccc(C(C)C)cc3)ccc2=O)cc1. The van der Waals surface area contributed by atoms with Gasteiger partial charge in [0.05, 0.1) is 4.90 Å². The molecular weight excluding hydrogens is 426 g/mol. The van der Waals surface area contributed by atoms with Crippen LogP contribution in [0.1, 0.15) is 50.7 Å². The van der Waals surface area contributed by atoms with Crippen LogP contribution in [0.3, 0.4) is 0 Å². The van der Waals surface area contributed by atoms with E-state index < -0.39 is 27.8 Å². The van der Waals surface area contributed by atoms with Gasteiger partial charge in [0.2, 0.25) is 15.7 Å². The van der Waals surface area contributed by atoms with E-state index in [1.165, 1.54) is 12.1 Å². The first-order chi connectivity index (χ1) is 15.1. The summed E-state index contributed by atoms with van der Waals surface area (Å²) in [4.78, 5) is 24.7. The molecule has 3 aromatic rings. The maximum absolute atomic E-state index is 13.0. The number of anilines is 1. The van der Waals surface area contributed by atoms with Gasteiger partial charge in [0.25, 0.3) is 5.56 Å². The van der Waals surface area contributed by atoms with Crippen molar-refractivity contribution in [3.05, 3.63) is 82.1 Å². The van der Waals surface area contributed by atoms with E-state index in [1.807, 2.05) is 26.0 Å². The van der Waals surface area contributed by atoms with Crippen LogP contribution < -0.4 is 10.9 Å². The lowest BCUT2D eigenvalue weighted by molar-refractivity contribution is -0.117. The number of benzene rings is 2. The summed E-state index contributed by atoms with van der Waals surface area (Å²) >= 11 is 0. The van der Waals surface area contributed by atoms with Crippen molar-refractivity contribution in [3.63, 3.8) is 0 Å². The highest BCUT2D eigenvalue weighted by molar-refractivity contribution is 7.91. The standard InChI is InChI=1S/C24H27N3O4S/c1-16(2)18-5-9-20(10-6-18)25-22(28)15-27-24(29)14-13-23(26-27)32(30,31)21-11-7-19(8-12-21)17(3)4/h5-14,16-17H,15H2,1-4H3,(H,25,28). The minimum atomic E-state index is -3.93. The Bertz CT molecular complexity index is 1260. The van der Waals surface area contributed by atoms with Crippen molar-refractivity contribution in [2.75, 3.05) is 5.32 Å². The summed E-state index contributed by atoms with van der Waals surface area (Å²) in [5, 5.41) is 6.37. The first-order valence-corrected chi connectivity index (χ1v) is 11.9. The van der Waals surface area contributed by atoms with Crippen molar-refractivity contribution in [2.45, 2.75) is 56.0 Å². The number of hydrogen-bond acceptors (Lipinski definition) is 5. The van der Waals surface area contributed by atoms with Gasteiger partial charge < -0.3 is 5.32 Å². The highest BCUT2D eigenvalue weighted by Gasteiger charge is 2.21. The van der Waals surface area contributed by atoms with Crippen LogP contribution in [0.15, 0.2) is 75.4 Å². The molecule has 0 spiro atoms. The molecule has 0 fully saturated rings. The van der Waals surface area contributed by atoms with E-state index in [1.54, 1.807) is 24.3 Å². The summed E-state index contributed by atoms with van der Waals surface area (Å²) in [5.41, 5.74) is 2.17. The summed E-state index contributed by atoms with van der Waals surface area (Å²) in [6.07, 6.45) is 0. The van der Waals surface area contributed by atoms with E-state index in [4.69, 9.17) is 0 Å². The average Bonchev–Trinajstić information content (AvgIpc) is 2.75. The van der Waals surface area contributed by atoms with Crippen LogP contribution in [-0.2, 0) is 21.2 Å². The Morgan fingerprint density at radius 1 is 0.875 bits per heavy atom. The first-order valence-electron chi connectivity index (χ1n) is 10.4. The number of rotatable bonds is 7. The van der Waals surface area contributed by atoms with Crippen molar-refractivity contribution in [1.82, 2.24) is 9.78 Å². The largest absolute Gasteiger partial charge is 0.324 e. The van der Waals surface area contributed by atoms with Gasteiger partial charge in [-0.1, -0.05) is 52.0 Å². The van der Waals surface area contributed by atoms with E-state index in [0.29, 0.717) is 11.6 Å². The Hall–Kier alpha value is -3.26. The van der Waals surface area contributed by atoms with Gasteiger partial charge >= 0.3 is 0 Å². The molecule has 1 N–H and O–H groups in total. The summed E-state index contributed by atoms with van der Waals surface area (Å²) in [7, 11) is -3.93. The monoisotopic (exact) mass is 453 g/mol. The molecule has 168 valence electrons. The molecule has 3 rings (SSSR count). The molecule has 1 amide bonds. The minimum absolute atomic E-state index is 0.0780. The molecular formula is C24H27N3O4S. The van der Waals surface area contributed by atoms with Gasteiger partial charge in [0.1, 0.15) is 6.54 Å². The molecule has 0 unspecified atom stereocenters. The van der Waals surface area contributed by atoms with Crippen LogP contribution in [0.2, 0.25) is 0 Å². The van der Waals surface area contributed by atoms with Gasteiger partial charge in [-0.25, -0.2) is 13.1 Å². The second-order valence-electron chi connectivity index (χ2n) is 8.22. The quantitative estimate of drug-likeness (QED) is 0.584. The Morgan fingerprint density at radius 3 is 1.94 bits per heavy atom. The second-order valence-corrected chi connectivity index (χ2v) is 10.1. The molecule has 0 radical (unpaired) electrons. The molecule has 0 atom stereocenters. The molecule has 1 aromatic heterocycles. The molecule has 8 heteroatoms. The number of hydrogen-bond donors (Lipinski definition) is 1. The van der Waals surface area contributed by atoms with Crippen LogP contribution in [0, 0.1) is 0 Å². The highest BCUT2D eigenvalue weighted by Crippen LogP contribution is 2.22. The van der Waals surface area contributed by atoms with Crippen LogP contribution in [-0.4, -0.2) is 24.1 Å². The smallest absolute Gasteiger partial charge is 0.267 e. The van der Waals surface area contributed by atoms with Crippen LogP contribution in [0.5, 0.6) is 0 Å². The Kier molecular flexibility index (Phi) is 6.93. The van der Waals surface area contributed by atoms with Gasteiger partial charge in [0, 0.05) is 11.8 Å². The number of carbonyl (C=O) groups excluding carboxylic acids is 1. The van der Waals surface area contributed by atoms with Crippen molar-refractivity contribution < 1.29 is 13.2 Å². The zero-order valence-corrected chi connectivity index (χ0v) is 19.4. The molecule has 0 aliphatic heterocycles. The van der Waals surface area contributed by atoms with E-state index in [2.05, 4.69) is 24.3 Å². The van der Waals surface area contributed by atoms with Gasteiger partial charge in [-0.2, -0.15) is 5.10 Å².